The van der Waals surface area contributed by atoms with Crippen molar-refractivity contribution < 1.29 is 9.47 Å². The molecule has 1 unspecified atom stereocenters. The lowest BCUT2D eigenvalue weighted by molar-refractivity contribution is 0.0577. The van der Waals surface area contributed by atoms with Crippen LogP contribution in [-0.4, -0.2) is 35.7 Å². The number of fused-ring (bicyclic) bond motifs is 1. The van der Waals surface area contributed by atoms with E-state index in [4.69, 9.17) is 9.47 Å². The molecule has 0 fully saturated rings. The Morgan fingerprint density at radius 2 is 1.79 bits per heavy atom. The number of ether oxygens (including phenoxy) is 2. The number of hydrogen-bond acceptors (Lipinski definition) is 4. The maximum atomic E-state index is 6.12. The smallest absolute Gasteiger partial charge is 0.161 e. The van der Waals surface area contributed by atoms with Gasteiger partial charge in [-0.3, -0.25) is 9.88 Å². The van der Waals surface area contributed by atoms with Crippen LogP contribution in [-0.2, 0) is 6.54 Å². The lowest BCUT2D eigenvalue weighted by Crippen LogP contribution is -2.40. The monoisotopic (exact) mass is 374 g/mol. The lowest BCUT2D eigenvalue weighted by Gasteiger charge is -2.30. The number of pyridine rings is 1. The fourth-order valence-electron chi connectivity index (χ4n) is 3.47. The molecule has 0 radical (unpaired) electrons. The van der Waals surface area contributed by atoms with Crippen molar-refractivity contribution >= 4 is 0 Å². The van der Waals surface area contributed by atoms with E-state index in [0.717, 1.165) is 36.8 Å². The number of likely N-dealkylation sites (N-methyl/N-ethyl adjacent to an activating group) is 1. The second kappa shape index (κ2) is 8.44. The van der Waals surface area contributed by atoms with Crippen molar-refractivity contribution in [2.75, 3.05) is 19.7 Å². The number of para-hydroxylation sites is 2. The Kier molecular flexibility index (Phi) is 5.58. The molecule has 0 saturated carbocycles. The topological polar surface area (TPSA) is 34.6 Å². The van der Waals surface area contributed by atoms with Crippen molar-refractivity contribution in [3.8, 4) is 22.6 Å². The molecule has 28 heavy (non-hydrogen) atoms. The van der Waals surface area contributed by atoms with E-state index < -0.39 is 0 Å². The molecule has 2 heterocycles. The molecule has 2 aromatic carbocycles. The first kappa shape index (κ1) is 18.5. The SMILES string of the molecule is CCN(Cc1cc(-c2ccc(C)cc2)ccn1)CC1COc2ccccc2O1. The Hall–Kier alpha value is -2.85. The van der Waals surface area contributed by atoms with Gasteiger partial charge in [0.25, 0.3) is 0 Å². The summed E-state index contributed by atoms with van der Waals surface area (Å²) in [5, 5.41) is 0. The summed E-state index contributed by atoms with van der Waals surface area (Å²) < 4.78 is 12.0. The highest BCUT2D eigenvalue weighted by Gasteiger charge is 2.22. The van der Waals surface area contributed by atoms with Gasteiger partial charge in [-0.25, -0.2) is 0 Å². The second-order valence-electron chi connectivity index (χ2n) is 7.23. The van der Waals surface area contributed by atoms with Gasteiger partial charge in [0, 0.05) is 19.3 Å². The van der Waals surface area contributed by atoms with Crippen LogP contribution in [0.3, 0.4) is 0 Å². The quantitative estimate of drug-likeness (QED) is 0.625. The van der Waals surface area contributed by atoms with E-state index in [2.05, 4.69) is 60.1 Å². The van der Waals surface area contributed by atoms with Crippen LogP contribution in [0.15, 0.2) is 66.9 Å². The number of aromatic nitrogens is 1. The van der Waals surface area contributed by atoms with Gasteiger partial charge in [-0.2, -0.15) is 0 Å². The standard InChI is InChI=1S/C24H26N2O2/c1-3-26(16-22-17-27-23-6-4-5-7-24(23)28-22)15-21-14-20(12-13-25-21)19-10-8-18(2)9-11-19/h4-14,22H,3,15-17H2,1-2H3. The molecule has 1 aromatic heterocycles. The normalized spacial score (nSPS) is 15.6. The maximum absolute atomic E-state index is 6.12. The zero-order chi connectivity index (χ0) is 19.3. The Bertz CT molecular complexity index is 924. The fourth-order valence-corrected chi connectivity index (χ4v) is 3.47. The second-order valence-corrected chi connectivity index (χ2v) is 7.23. The molecule has 0 saturated heterocycles. The molecular formula is C24H26N2O2. The summed E-state index contributed by atoms with van der Waals surface area (Å²) in [5.74, 6) is 1.66. The van der Waals surface area contributed by atoms with E-state index >= 15 is 0 Å². The van der Waals surface area contributed by atoms with Gasteiger partial charge in [0.15, 0.2) is 11.5 Å². The van der Waals surface area contributed by atoms with Crippen molar-refractivity contribution in [1.29, 1.82) is 0 Å². The van der Waals surface area contributed by atoms with Gasteiger partial charge in [-0.1, -0.05) is 48.9 Å². The lowest BCUT2D eigenvalue weighted by atomic mass is 10.0. The Labute approximate surface area is 166 Å². The third kappa shape index (κ3) is 4.34. The number of nitrogens with zero attached hydrogens (tertiary/aromatic N) is 2. The largest absolute Gasteiger partial charge is 0.486 e. The summed E-state index contributed by atoms with van der Waals surface area (Å²) >= 11 is 0. The number of hydrogen-bond donors (Lipinski definition) is 0. The summed E-state index contributed by atoms with van der Waals surface area (Å²) in [6.07, 6.45) is 1.92. The Morgan fingerprint density at radius 1 is 1.00 bits per heavy atom. The van der Waals surface area contributed by atoms with Crippen LogP contribution >= 0.6 is 0 Å². The summed E-state index contributed by atoms with van der Waals surface area (Å²) in [7, 11) is 0. The average Bonchev–Trinajstić information content (AvgIpc) is 2.74. The molecule has 4 nitrogen and oxygen atoms in total. The van der Waals surface area contributed by atoms with Crippen molar-refractivity contribution in [2.24, 2.45) is 0 Å². The fraction of sp³-hybridized carbons (Fsp3) is 0.292. The van der Waals surface area contributed by atoms with Gasteiger partial charge in [0.1, 0.15) is 12.7 Å². The van der Waals surface area contributed by atoms with Crippen LogP contribution in [0, 0.1) is 6.92 Å². The molecule has 0 bridgehead atoms. The number of aryl methyl sites for hydroxylation is 1. The highest BCUT2D eigenvalue weighted by atomic mass is 16.6. The van der Waals surface area contributed by atoms with Crippen LogP contribution in [0.25, 0.3) is 11.1 Å². The van der Waals surface area contributed by atoms with Gasteiger partial charge in [0.05, 0.1) is 5.69 Å². The van der Waals surface area contributed by atoms with E-state index in [9.17, 15) is 0 Å². The number of rotatable bonds is 6. The molecular weight excluding hydrogens is 348 g/mol. The van der Waals surface area contributed by atoms with Gasteiger partial charge in [-0.15, -0.1) is 0 Å². The minimum Gasteiger partial charge on any atom is -0.486 e. The third-order valence-electron chi connectivity index (χ3n) is 5.06. The highest BCUT2D eigenvalue weighted by molar-refractivity contribution is 5.63. The molecule has 0 amide bonds. The first-order chi connectivity index (χ1) is 13.7. The van der Waals surface area contributed by atoms with E-state index in [-0.39, 0.29) is 6.10 Å². The van der Waals surface area contributed by atoms with Crippen LogP contribution in [0.5, 0.6) is 11.5 Å². The zero-order valence-electron chi connectivity index (χ0n) is 16.5. The molecule has 0 spiro atoms. The zero-order valence-corrected chi connectivity index (χ0v) is 16.5. The van der Waals surface area contributed by atoms with Gasteiger partial charge >= 0.3 is 0 Å². The summed E-state index contributed by atoms with van der Waals surface area (Å²) in [5.41, 5.74) is 4.76. The van der Waals surface area contributed by atoms with Gasteiger partial charge < -0.3 is 9.47 Å². The highest BCUT2D eigenvalue weighted by Crippen LogP contribution is 2.31. The van der Waals surface area contributed by atoms with Crippen molar-refractivity contribution in [3.05, 3.63) is 78.1 Å². The minimum atomic E-state index is 0.0233. The average molecular weight is 374 g/mol. The predicted molar refractivity (Wildman–Crippen MR) is 112 cm³/mol. The maximum Gasteiger partial charge on any atom is 0.161 e. The first-order valence-electron chi connectivity index (χ1n) is 9.84. The van der Waals surface area contributed by atoms with E-state index in [1.807, 2.05) is 30.5 Å². The molecule has 1 aliphatic heterocycles. The Morgan fingerprint density at radius 3 is 2.57 bits per heavy atom. The first-order valence-corrected chi connectivity index (χ1v) is 9.84. The third-order valence-corrected chi connectivity index (χ3v) is 5.06. The van der Waals surface area contributed by atoms with Gasteiger partial charge in [-0.05, 0) is 48.9 Å². The van der Waals surface area contributed by atoms with Crippen LogP contribution in [0.2, 0.25) is 0 Å². The Balaban J connectivity index is 1.43. The van der Waals surface area contributed by atoms with E-state index in [0.29, 0.717) is 6.61 Å². The van der Waals surface area contributed by atoms with E-state index in [1.54, 1.807) is 0 Å². The van der Waals surface area contributed by atoms with Crippen molar-refractivity contribution in [1.82, 2.24) is 9.88 Å². The summed E-state index contributed by atoms with van der Waals surface area (Å²) in [4.78, 5) is 6.94. The summed E-state index contributed by atoms with van der Waals surface area (Å²) in [6.45, 7) is 7.37. The van der Waals surface area contributed by atoms with Gasteiger partial charge in [0.2, 0.25) is 0 Å². The molecule has 1 aliphatic rings. The molecule has 3 aromatic rings. The van der Waals surface area contributed by atoms with Crippen LogP contribution in [0.4, 0.5) is 0 Å². The van der Waals surface area contributed by atoms with Crippen molar-refractivity contribution in [3.63, 3.8) is 0 Å². The number of benzene rings is 2. The molecule has 4 heteroatoms. The van der Waals surface area contributed by atoms with Crippen molar-refractivity contribution in [2.45, 2.75) is 26.5 Å². The van der Waals surface area contributed by atoms with E-state index in [1.165, 1.54) is 16.7 Å². The molecule has 0 aliphatic carbocycles. The van der Waals surface area contributed by atoms with Crippen LogP contribution < -0.4 is 9.47 Å². The molecule has 0 N–H and O–H groups in total. The molecule has 1 atom stereocenters. The van der Waals surface area contributed by atoms with Crippen LogP contribution in [0.1, 0.15) is 18.2 Å². The summed E-state index contributed by atoms with van der Waals surface area (Å²) in [6, 6.07) is 20.7. The predicted octanol–water partition coefficient (Wildman–Crippen LogP) is 4.72. The molecule has 4 rings (SSSR count). The minimum absolute atomic E-state index is 0.0233. The molecule has 144 valence electrons.